The molecule has 4 fully saturated rings. The van der Waals surface area contributed by atoms with Crippen LogP contribution in [0.15, 0.2) is 60.9 Å². The summed E-state index contributed by atoms with van der Waals surface area (Å²) in [5, 5.41) is 5.72. The Kier molecular flexibility index (Phi) is 14.2. The van der Waals surface area contributed by atoms with E-state index < -0.39 is 32.3 Å². The van der Waals surface area contributed by atoms with E-state index in [0.717, 1.165) is 89.9 Å². The molecule has 6 heterocycles. The second-order valence-corrected chi connectivity index (χ2v) is 23.4. The van der Waals surface area contributed by atoms with Crippen molar-refractivity contribution in [2.45, 2.75) is 94.7 Å². The maximum atomic E-state index is 14.4. The summed E-state index contributed by atoms with van der Waals surface area (Å²) in [6, 6.07) is 15.7. The quantitative estimate of drug-likeness (QED) is 0.114. The maximum Gasteiger partial charge on any atom is 0.407 e. The number of alkyl carbamates (subject to hydrolysis) is 2. The minimum absolute atomic E-state index is 0.0400. The first-order valence-corrected chi connectivity index (χ1v) is 26.2. The zero-order valence-electron chi connectivity index (χ0n) is 37.4. The van der Waals surface area contributed by atoms with Gasteiger partial charge in [0.05, 0.1) is 58.2 Å². The molecule has 0 bridgehead atoms. The third-order valence-electron chi connectivity index (χ3n) is 13.5. The number of ether oxygens (including phenoxy) is 4. The number of carbonyl (C=O) groups is 4. The highest BCUT2D eigenvalue weighted by molar-refractivity contribution is 6.78. The molecule has 4 aliphatic heterocycles. The topological polar surface area (TPSA) is 193 Å². The van der Waals surface area contributed by atoms with Crippen molar-refractivity contribution in [2.24, 2.45) is 11.8 Å². The summed E-state index contributed by atoms with van der Waals surface area (Å²) in [4.78, 5) is 73.8. The van der Waals surface area contributed by atoms with Gasteiger partial charge in [0, 0.05) is 39.1 Å². The normalized spacial score (nSPS) is 23.4. The molecule has 0 radical (unpaired) electrons. The minimum Gasteiger partial charge on any atom is -0.453 e. The van der Waals surface area contributed by atoms with Crippen LogP contribution in [-0.4, -0.2) is 127 Å². The number of H-pyrrole nitrogens is 2. The summed E-state index contributed by atoms with van der Waals surface area (Å²) in [6.07, 6.45) is 9.38. The van der Waals surface area contributed by atoms with Crippen LogP contribution in [0.25, 0.3) is 33.6 Å². The van der Waals surface area contributed by atoms with Crippen LogP contribution in [0.5, 0.6) is 0 Å². The molecule has 2 unspecified atom stereocenters. The Bertz CT molecular complexity index is 2230. The Morgan fingerprint density at radius 2 is 1.11 bits per heavy atom. The van der Waals surface area contributed by atoms with Crippen molar-refractivity contribution in [3.05, 3.63) is 72.6 Å². The fourth-order valence-corrected chi connectivity index (χ4v) is 13.0. The molecule has 0 spiro atoms. The lowest BCUT2D eigenvalue weighted by Crippen LogP contribution is -2.53. The van der Waals surface area contributed by atoms with E-state index in [-0.39, 0.29) is 35.7 Å². The average molecular weight is 895 g/mol. The van der Waals surface area contributed by atoms with E-state index in [2.05, 4.69) is 82.2 Å². The van der Waals surface area contributed by atoms with Crippen LogP contribution in [0.4, 0.5) is 9.59 Å². The smallest absolute Gasteiger partial charge is 0.407 e. The number of benzene rings is 2. The second-order valence-electron chi connectivity index (χ2n) is 18.4. The molecule has 6 atom stereocenters. The van der Waals surface area contributed by atoms with E-state index >= 15 is 0 Å². The van der Waals surface area contributed by atoms with Crippen LogP contribution in [0.3, 0.4) is 0 Å². The largest absolute Gasteiger partial charge is 0.453 e. The highest BCUT2D eigenvalue weighted by atomic mass is 28.3. The number of nitrogens with one attached hydrogen (secondary N) is 4. The zero-order valence-corrected chi connectivity index (χ0v) is 38.4. The standard InChI is InChI=1S/C47H62N8O8Si/c1-60-46(58)52-40(34-8-6-22-62-24-19-34)44(56)54-21-5-10-38(54)42-48-26-36(50-42)32-15-11-30(12-16-32)31-13-17-33(18-14-31)37-27-49-43(51-37)39-28-64(3,4)29-55(39)45(57)41(53-47(59)61-2)35-9-7-23-63-25-20-35/h11-18,26-27,34-35,38-41H,5-10,19-25,28-29H2,1-4H3,(H,48,50)(H,49,51)(H,52,58)(H,53,59)/t34?,35?,38-,39-,40-,41-/m1/s1. The fourth-order valence-electron chi connectivity index (χ4n) is 10.1. The number of aromatic nitrogens is 4. The summed E-state index contributed by atoms with van der Waals surface area (Å²) in [6.45, 7) is 7.61. The first-order chi connectivity index (χ1) is 31.0. The highest BCUT2D eigenvalue weighted by Crippen LogP contribution is 2.39. The molecule has 4 amide bonds. The van der Waals surface area contributed by atoms with Crippen molar-refractivity contribution >= 4 is 32.1 Å². The van der Waals surface area contributed by atoms with E-state index in [4.69, 9.17) is 28.9 Å². The molecule has 342 valence electrons. The van der Waals surface area contributed by atoms with Gasteiger partial charge >= 0.3 is 12.2 Å². The molecule has 8 rings (SSSR count). The van der Waals surface area contributed by atoms with E-state index in [9.17, 15) is 19.2 Å². The van der Waals surface area contributed by atoms with Gasteiger partial charge in [0.1, 0.15) is 23.7 Å². The van der Waals surface area contributed by atoms with Crippen LogP contribution < -0.4 is 10.6 Å². The number of hydrogen-bond acceptors (Lipinski definition) is 10. The lowest BCUT2D eigenvalue weighted by molar-refractivity contribution is -0.136. The molecular formula is C47H62N8O8Si. The lowest BCUT2D eigenvalue weighted by atomic mass is 9.91. The molecule has 2 aromatic heterocycles. The summed E-state index contributed by atoms with van der Waals surface area (Å²) < 4.78 is 21.2. The number of carbonyl (C=O) groups excluding carboxylic acids is 4. The first kappa shape index (κ1) is 45.1. The average Bonchev–Trinajstić information content (AvgIpc) is 4.09. The highest BCUT2D eigenvalue weighted by Gasteiger charge is 2.47. The molecular weight excluding hydrogens is 833 g/mol. The van der Waals surface area contributed by atoms with Gasteiger partial charge in [-0.3, -0.25) is 9.59 Å². The molecule has 16 nitrogen and oxygen atoms in total. The van der Waals surface area contributed by atoms with Crippen LogP contribution >= 0.6 is 0 Å². The predicted octanol–water partition coefficient (Wildman–Crippen LogP) is 7.01. The second kappa shape index (κ2) is 20.1. The third kappa shape index (κ3) is 10.2. The molecule has 4 saturated heterocycles. The summed E-state index contributed by atoms with van der Waals surface area (Å²) in [5.74, 6) is 1.20. The number of methoxy groups -OCH3 is 2. The molecule has 4 aliphatic rings. The number of rotatable bonds is 11. The Balaban J connectivity index is 0.932. The number of nitrogens with zero attached hydrogens (tertiary/aromatic N) is 4. The monoisotopic (exact) mass is 894 g/mol. The third-order valence-corrected chi connectivity index (χ3v) is 16.2. The van der Waals surface area contributed by atoms with Gasteiger partial charge in [0.15, 0.2) is 0 Å². The minimum atomic E-state index is -1.80. The molecule has 2 aromatic carbocycles. The lowest BCUT2D eigenvalue weighted by Gasteiger charge is -2.32. The van der Waals surface area contributed by atoms with Crippen LogP contribution in [0.1, 0.15) is 75.1 Å². The Hall–Kier alpha value is -5.52. The molecule has 0 aliphatic carbocycles. The Morgan fingerprint density at radius 3 is 1.61 bits per heavy atom. The van der Waals surface area contributed by atoms with E-state index in [1.165, 1.54) is 14.2 Å². The number of likely N-dealkylation sites (tertiary alicyclic amines) is 1. The van der Waals surface area contributed by atoms with E-state index in [1.54, 1.807) is 0 Å². The SMILES string of the molecule is COC(=O)N[C@@H](C(=O)N1CCC[C@@H]1c1ncc(-c2ccc(-c3ccc(-c4cnc([C@H]5C[Si](C)(C)CN5C(=O)[C@H](NC(=O)OC)C5CCCOCC5)[nH]4)cc3)cc2)[nH]1)C1CCCOCC1. The molecule has 64 heavy (non-hydrogen) atoms. The number of imidazole rings is 2. The van der Waals surface area contributed by atoms with Gasteiger partial charge in [0.2, 0.25) is 11.8 Å². The van der Waals surface area contributed by atoms with Crippen LogP contribution in [-0.2, 0) is 28.5 Å². The Labute approximate surface area is 375 Å². The van der Waals surface area contributed by atoms with Gasteiger partial charge in [-0.25, -0.2) is 19.6 Å². The van der Waals surface area contributed by atoms with Crippen molar-refractivity contribution in [1.82, 2.24) is 40.4 Å². The van der Waals surface area contributed by atoms with Crippen molar-refractivity contribution in [2.75, 3.05) is 53.4 Å². The van der Waals surface area contributed by atoms with Gasteiger partial charge in [-0.15, -0.1) is 0 Å². The predicted molar refractivity (Wildman–Crippen MR) is 242 cm³/mol. The number of aromatic amines is 2. The fraction of sp³-hybridized carbons (Fsp3) is 0.532. The van der Waals surface area contributed by atoms with Gasteiger partial charge < -0.3 is 49.3 Å². The van der Waals surface area contributed by atoms with Crippen LogP contribution in [0.2, 0.25) is 19.1 Å². The van der Waals surface area contributed by atoms with Gasteiger partial charge in [-0.05, 0) is 91.5 Å². The summed E-state index contributed by atoms with van der Waals surface area (Å²) >= 11 is 0. The van der Waals surface area contributed by atoms with Gasteiger partial charge in [-0.1, -0.05) is 61.6 Å². The van der Waals surface area contributed by atoms with Gasteiger partial charge in [-0.2, -0.15) is 0 Å². The maximum absolute atomic E-state index is 14.4. The van der Waals surface area contributed by atoms with Crippen molar-refractivity contribution in [3.63, 3.8) is 0 Å². The Morgan fingerprint density at radius 1 is 0.641 bits per heavy atom. The molecule has 4 N–H and O–H groups in total. The number of hydrogen-bond donors (Lipinski definition) is 4. The van der Waals surface area contributed by atoms with Crippen LogP contribution in [0, 0.1) is 11.8 Å². The van der Waals surface area contributed by atoms with Crippen molar-refractivity contribution < 1.29 is 38.1 Å². The summed E-state index contributed by atoms with van der Waals surface area (Å²) in [7, 11) is 0.841. The van der Waals surface area contributed by atoms with E-state index in [0.29, 0.717) is 52.0 Å². The zero-order chi connectivity index (χ0) is 44.8. The molecule has 17 heteroatoms. The van der Waals surface area contributed by atoms with E-state index in [1.807, 2.05) is 22.2 Å². The van der Waals surface area contributed by atoms with Crippen molar-refractivity contribution in [1.29, 1.82) is 0 Å². The molecule has 4 aromatic rings. The first-order valence-electron chi connectivity index (χ1n) is 22.8. The summed E-state index contributed by atoms with van der Waals surface area (Å²) in [5.41, 5.74) is 5.81. The number of amides is 4. The molecule has 0 saturated carbocycles. The van der Waals surface area contributed by atoms with Gasteiger partial charge in [0.25, 0.3) is 0 Å². The van der Waals surface area contributed by atoms with Crippen molar-refractivity contribution in [3.8, 4) is 33.6 Å².